The molecule has 4 heteroatoms. The number of nitrogens with zero attached hydrogens (tertiary/aromatic N) is 1. The van der Waals surface area contributed by atoms with Gasteiger partial charge in [0.05, 0.1) is 4.92 Å². The molecule has 0 aliphatic heterocycles. The summed E-state index contributed by atoms with van der Waals surface area (Å²) >= 11 is 0. The van der Waals surface area contributed by atoms with Crippen molar-refractivity contribution in [3.8, 4) is 0 Å². The van der Waals surface area contributed by atoms with E-state index in [4.69, 9.17) is 5.73 Å². The average Bonchev–Trinajstić information content (AvgIpc) is 1.87. The highest BCUT2D eigenvalue weighted by molar-refractivity contribution is 5.10. The zero-order valence-electron chi connectivity index (χ0n) is 6.70. The Morgan fingerprint density at radius 2 is 2.18 bits per heavy atom. The number of nitrogens with two attached hydrogens (primary N) is 1. The smallest absolute Gasteiger partial charge is 0.246 e. The Morgan fingerprint density at radius 1 is 1.64 bits per heavy atom. The number of hydrogen-bond acceptors (Lipinski definition) is 3. The van der Waals surface area contributed by atoms with E-state index in [9.17, 15) is 10.1 Å². The Kier molecular flexibility index (Phi) is 3.95. The predicted octanol–water partition coefficient (Wildman–Crippen LogP) is 1.42. The van der Waals surface area contributed by atoms with Gasteiger partial charge in [-0.2, -0.15) is 0 Å². The van der Waals surface area contributed by atoms with E-state index in [1.165, 1.54) is 12.2 Å². The van der Waals surface area contributed by atoms with Crippen molar-refractivity contribution in [3.63, 3.8) is 0 Å². The van der Waals surface area contributed by atoms with Gasteiger partial charge in [0.1, 0.15) is 0 Å². The van der Waals surface area contributed by atoms with Crippen LogP contribution >= 0.6 is 0 Å². The van der Waals surface area contributed by atoms with Gasteiger partial charge in [-0.3, -0.25) is 10.1 Å². The Balaban J connectivity index is 4.37. The van der Waals surface area contributed by atoms with Gasteiger partial charge in [-0.1, -0.05) is 6.92 Å². The zero-order valence-corrected chi connectivity index (χ0v) is 6.70. The Hall–Kier alpha value is -1.32. The van der Waals surface area contributed by atoms with Crippen LogP contribution in [0.4, 0.5) is 0 Å². The summed E-state index contributed by atoms with van der Waals surface area (Å²) in [5.41, 5.74) is 6.03. The Morgan fingerprint density at radius 3 is 2.45 bits per heavy atom. The summed E-state index contributed by atoms with van der Waals surface area (Å²) in [4.78, 5) is 9.81. The normalized spacial score (nSPS) is 13.3. The van der Waals surface area contributed by atoms with Crippen LogP contribution in [0.2, 0.25) is 0 Å². The number of nitro groups is 1. The van der Waals surface area contributed by atoms with Gasteiger partial charge < -0.3 is 5.73 Å². The van der Waals surface area contributed by atoms with Crippen molar-refractivity contribution in [3.05, 3.63) is 33.7 Å². The summed E-state index contributed by atoms with van der Waals surface area (Å²) < 4.78 is 0. The third-order valence-electron chi connectivity index (χ3n) is 1.14. The molecule has 0 aromatic heterocycles. The van der Waals surface area contributed by atoms with Crippen molar-refractivity contribution in [2.45, 2.75) is 20.3 Å². The van der Waals surface area contributed by atoms with Gasteiger partial charge in [0.2, 0.25) is 5.70 Å². The minimum Gasteiger partial charge on any atom is -0.402 e. The largest absolute Gasteiger partial charge is 0.402 e. The average molecular weight is 156 g/mol. The quantitative estimate of drug-likeness (QED) is 0.381. The number of allylic oxidation sites excluding steroid dienone is 4. The predicted molar refractivity (Wildman–Crippen MR) is 43.3 cm³/mol. The van der Waals surface area contributed by atoms with Crippen LogP contribution in [0.25, 0.3) is 0 Å². The van der Waals surface area contributed by atoms with Gasteiger partial charge in [0.25, 0.3) is 0 Å². The van der Waals surface area contributed by atoms with E-state index in [1.807, 2.05) is 0 Å². The maximum Gasteiger partial charge on any atom is 0.246 e. The van der Waals surface area contributed by atoms with E-state index < -0.39 is 4.92 Å². The molecule has 0 saturated heterocycles. The molecule has 11 heavy (non-hydrogen) atoms. The first-order valence-corrected chi connectivity index (χ1v) is 3.35. The van der Waals surface area contributed by atoms with Gasteiger partial charge in [0, 0.05) is 18.2 Å². The van der Waals surface area contributed by atoms with Crippen LogP contribution in [0.5, 0.6) is 0 Å². The molecule has 62 valence electrons. The maximum absolute atomic E-state index is 10.2. The van der Waals surface area contributed by atoms with Gasteiger partial charge in [-0.05, 0) is 13.0 Å². The van der Waals surface area contributed by atoms with Crippen LogP contribution in [0, 0.1) is 10.1 Å². The van der Waals surface area contributed by atoms with Crippen molar-refractivity contribution in [1.29, 1.82) is 0 Å². The highest BCUT2D eigenvalue weighted by atomic mass is 16.6. The van der Waals surface area contributed by atoms with Crippen molar-refractivity contribution in [2.75, 3.05) is 0 Å². The van der Waals surface area contributed by atoms with E-state index in [0.29, 0.717) is 12.1 Å². The number of hydrogen-bond donors (Lipinski definition) is 1. The highest BCUT2D eigenvalue weighted by Gasteiger charge is 2.03. The molecule has 0 aliphatic carbocycles. The van der Waals surface area contributed by atoms with E-state index >= 15 is 0 Å². The lowest BCUT2D eigenvalue weighted by Crippen LogP contribution is -1.97. The van der Waals surface area contributed by atoms with Crippen molar-refractivity contribution in [2.24, 2.45) is 5.73 Å². The van der Waals surface area contributed by atoms with Crippen LogP contribution in [0.15, 0.2) is 23.5 Å². The number of rotatable bonds is 3. The molecule has 4 nitrogen and oxygen atoms in total. The fourth-order valence-corrected chi connectivity index (χ4v) is 0.535. The SMILES string of the molecule is CC/C(=C\C=C(/C)N)[N+](=O)[O-]. The lowest BCUT2D eigenvalue weighted by atomic mass is 10.3. The lowest BCUT2D eigenvalue weighted by molar-refractivity contribution is -0.427. The van der Waals surface area contributed by atoms with Gasteiger partial charge in [-0.25, -0.2) is 0 Å². The molecule has 0 bridgehead atoms. The van der Waals surface area contributed by atoms with Crippen LogP contribution in [0.1, 0.15) is 20.3 Å². The molecular weight excluding hydrogens is 144 g/mol. The minimum atomic E-state index is -0.403. The summed E-state index contributed by atoms with van der Waals surface area (Å²) in [5, 5.41) is 10.2. The monoisotopic (exact) mass is 156 g/mol. The zero-order chi connectivity index (χ0) is 8.85. The summed E-state index contributed by atoms with van der Waals surface area (Å²) in [5.74, 6) is 0. The first kappa shape index (κ1) is 9.68. The second kappa shape index (κ2) is 4.49. The van der Waals surface area contributed by atoms with Gasteiger partial charge >= 0.3 is 0 Å². The Bertz CT molecular complexity index is 202. The molecule has 0 saturated carbocycles. The van der Waals surface area contributed by atoms with Crippen molar-refractivity contribution >= 4 is 0 Å². The molecule has 0 unspecified atom stereocenters. The molecule has 0 atom stereocenters. The minimum absolute atomic E-state index is 0.176. The second-order valence-corrected chi connectivity index (χ2v) is 2.18. The molecule has 0 fully saturated rings. The molecule has 0 heterocycles. The summed E-state index contributed by atoms with van der Waals surface area (Å²) in [7, 11) is 0. The molecule has 0 radical (unpaired) electrons. The fraction of sp³-hybridized carbons (Fsp3) is 0.429. The molecule has 0 aliphatic rings. The lowest BCUT2D eigenvalue weighted by Gasteiger charge is -1.90. The maximum atomic E-state index is 10.2. The van der Waals surface area contributed by atoms with Gasteiger partial charge in [0.15, 0.2) is 0 Å². The van der Waals surface area contributed by atoms with Crippen LogP contribution in [-0.2, 0) is 0 Å². The van der Waals surface area contributed by atoms with Crippen LogP contribution in [0.3, 0.4) is 0 Å². The third kappa shape index (κ3) is 4.13. The van der Waals surface area contributed by atoms with Crippen molar-refractivity contribution in [1.82, 2.24) is 0 Å². The molecular formula is C7H12N2O2. The van der Waals surface area contributed by atoms with E-state index in [2.05, 4.69) is 0 Å². The second-order valence-electron chi connectivity index (χ2n) is 2.18. The van der Waals surface area contributed by atoms with E-state index in [0.717, 1.165) is 0 Å². The molecule has 0 amide bonds. The summed E-state index contributed by atoms with van der Waals surface area (Å²) in [6.45, 7) is 3.41. The third-order valence-corrected chi connectivity index (χ3v) is 1.14. The standard InChI is InChI=1S/C7H12N2O2/c1-3-7(9(10)11)5-4-6(2)8/h4-5H,3,8H2,1-2H3/b6-4+,7-5+. The van der Waals surface area contributed by atoms with Crippen molar-refractivity contribution < 1.29 is 4.92 Å². The Labute approximate surface area is 65.5 Å². The molecule has 0 rings (SSSR count). The molecule has 0 aromatic rings. The van der Waals surface area contributed by atoms with E-state index in [1.54, 1.807) is 13.8 Å². The topological polar surface area (TPSA) is 69.2 Å². The summed E-state index contributed by atoms with van der Waals surface area (Å²) in [6.07, 6.45) is 3.37. The first-order chi connectivity index (χ1) is 5.07. The van der Waals surface area contributed by atoms with Gasteiger partial charge in [-0.15, -0.1) is 0 Å². The molecule has 0 aromatic carbocycles. The fourth-order valence-electron chi connectivity index (χ4n) is 0.535. The summed E-state index contributed by atoms with van der Waals surface area (Å²) in [6, 6.07) is 0. The van der Waals surface area contributed by atoms with E-state index in [-0.39, 0.29) is 5.70 Å². The molecule has 2 N–H and O–H groups in total. The molecule has 0 spiro atoms. The van der Waals surface area contributed by atoms with Crippen LogP contribution in [-0.4, -0.2) is 4.92 Å². The highest BCUT2D eigenvalue weighted by Crippen LogP contribution is 2.01. The first-order valence-electron chi connectivity index (χ1n) is 3.35. The van der Waals surface area contributed by atoms with Crippen LogP contribution < -0.4 is 5.73 Å².